The standard InChI is InChI=1S/C16H19ClN2/c1-3-12-7-5-8-13(11-12)15(18-4-2)16-14(17)9-6-10-19-16/h5-11,15,18H,3-4H2,1-2H3. The minimum absolute atomic E-state index is 0.0465. The van der Waals surface area contributed by atoms with Gasteiger partial charge in [-0.25, -0.2) is 0 Å². The molecule has 0 aliphatic rings. The first kappa shape index (κ1) is 14.0. The van der Waals surface area contributed by atoms with Gasteiger partial charge in [0.15, 0.2) is 0 Å². The van der Waals surface area contributed by atoms with Crippen LogP contribution in [-0.4, -0.2) is 11.5 Å². The summed E-state index contributed by atoms with van der Waals surface area (Å²) in [7, 11) is 0. The van der Waals surface area contributed by atoms with E-state index in [9.17, 15) is 0 Å². The van der Waals surface area contributed by atoms with E-state index in [0.717, 1.165) is 18.7 Å². The molecule has 1 heterocycles. The molecule has 1 atom stereocenters. The third-order valence-electron chi connectivity index (χ3n) is 3.16. The molecule has 1 aromatic heterocycles. The Kier molecular flexibility index (Phi) is 4.94. The van der Waals surface area contributed by atoms with Gasteiger partial charge in [0.1, 0.15) is 0 Å². The summed E-state index contributed by atoms with van der Waals surface area (Å²) in [5.41, 5.74) is 3.42. The molecular formula is C16H19ClN2. The second-order valence-corrected chi connectivity index (χ2v) is 4.87. The average molecular weight is 275 g/mol. The summed E-state index contributed by atoms with van der Waals surface area (Å²) >= 11 is 6.28. The fourth-order valence-corrected chi connectivity index (χ4v) is 2.41. The zero-order chi connectivity index (χ0) is 13.7. The molecule has 1 aromatic carbocycles. The van der Waals surface area contributed by atoms with Crippen LogP contribution >= 0.6 is 11.6 Å². The van der Waals surface area contributed by atoms with Crippen molar-refractivity contribution < 1.29 is 0 Å². The first-order chi connectivity index (χ1) is 9.26. The number of nitrogens with zero attached hydrogens (tertiary/aromatic N) is 1. The molecule has 1 unspecified atom stereocenters. The summed E-state index contributed by atoms with van der Waals surface area (Å²) in [6, 6.07) is 12.4. The molecular weight excluding hydrogens is 256 g/mol. The van der Waals surface area contributed by atoms with E-state index in [1.807, 2.05) is 12.1 Å². The normalized spacial score (nSPS) is 12.4. The quantitative estimate of drug-likeness (QED) is 0.892. The van der Waals surface area contributed by atoms with Crippen molar-refractivity contribution in [2.24, 2.45) is 0 Å². The zero-order valence-corrected chi connectivity index (χ0v) is 12.1. The highest BCUT2D eigenvalue weighted by atomic mass is 35.5. The van der Waals surface area contributed by atoms with Crippen LogP contribution in [0, 0.1) is 0 Å². The second-order valence-electron chi connectivity index (χ2n) is 4.46. The van der Waals surface area contributed by atoms with Gasteiger partial charge in [-0.15, -0.1) is 0 Å². The van der Waals surface area contributed by atoms with Crippen molar-refractivity contribution in [1.82, 2.24) is 10.3 Å². The monoisotopic (exact) mass is 274 g/mol. The Hall–Kier alpha value is -1.38. The van der Waals surface area contributed by atoms with Gasteiger partial charge in [0, 0.05) is 6.20 Å². The Labute approximate surface area is 119 Å². The molecule has 2 aromatic rings. The lowest BCUT2D eigenvalue weighted by molar-refractivity contribution is 0.615. The van der Waals surface area contributed by atoms with Crippen LogP contribution in [0.1, 0.15) is 36.7 Å². The van der Waals surface area contributed by atoms with Crippen molar-refractivity contribution in [2.75, 3.05) is 6.54 Å². The van der Waals surface area contributed by atoms with Gasteiger partial charge in [0.2, 0.25) is 0 Å². The summed E-state index contributed by atoms with van der Waals surface area (Å²) in [5, 5.41) is 4.16. The Balaban J connectivity index is 2.42. The van der Waals surface area contributed by atoms with E-state index in [2.05, 4.69) is 48.4 Å². The molecule has 0 saturated carbocycles. The average Bonchev–Trinajstić information content (AvgIpc) is 2.46. The first-order valence-electron chi connectivity index (χ1n) is 6.68. The molecule has 3 heteroatoms. The molecule has 0 saturated heterocycles. The number of rotatable bonds is 5. The van der Waals surface area contributed by atoms with Crippen molar-refractivity contribution in [3.63, 3.8) is 0 Å². The Morgan fingerprint density at radius 3 is 2.74 bits per heavy atom. The SMILES string of the molecule is CCNC(c1cccc(CC)c1)c1ncccc1Cl. The van der Waals surface area contributed by atoms with Gasteiger partial charge in [-0.2, -0.15) is 0 Å². The van der Waals surface area contributed by atoms with Crippen LogP contribution in [0.3, 0.4) is 0 Å². The number of hydrogen-bond acceptors (Lipinski definition) is 2. The van der Waals surface area contributed by atoms with E-state index in [1.165, 1.54) is 11.1 Å². The van der Waals surface area contributed by atoms with E-state index in [1.54, 1.807) is 6.20 Å². The lowest BCUT2D eigenvalue weighted by Gasteiger charge is -2.19. The topological polar surface area (TPSA) is 24.9 Å². The van der Waals surface area contributed by atoms with Crippen molar-refractivity contribution >= 4 is 11.6 Å². The minimum Gasteiger partial charge on any atom is -0.305 e. The molecule has 0 fully saturated rings. The molecule has 2 nitrogen and oxygen atoms in total. The number of benzene rings is 1. The van der Waals surface area contributed by atoms with E-state index in [4.69, 9.17) is 11.6 Å². The third kappa shape index (κ3) is 3.34. The summed E-state index contributed by atoms with van der Waals surface area (Å²) in [5.74, 6) is 0. The largest absolute Gasteiger partial charge is 0.305 e. The minimum atomic E-state index is 0.0465. The van der Waals surface area contributed by atoms with Crippen molar-refractivity contribution in [1.29, 1.82) is 0 Å². The molecule has 100 valence electrons. The number of pyridine rings is 1. The molecule has 0 aliphatic heterocycles. The predicted octanol–water partition coefficient (Wildman–Crippen LogP) is 4.00. The lowest BCUT2D eigenvalue weighted by Crippen LogP contribution is -2.23. The van der Waals surface area contributed by atoms with Gasteiger partial charge < -0.3 is 5.32 Å². The van der Waals surface area contributed by atoms with Gasteiger partial charge in [-0.1, -0.05) is 49.7 Å². The number of halogens is 1. The van der Waals surface area contributed by atoms with E-state index >= 15 is 0 Å². The molecule has 0 spiro atoms. The smallest absolute Gasteiger partial charge is 0.0804 e. The molecule has 2 rings (SSSR count). The Morgan fingerprint density at radius 1 is 1.21 bits per heavy atom. The second kappa shape index (κ2) is 6.69. The fourth-order valence-electron chi connectivity index (χ4n) is 2.18. The molecule has 0 aliphatic carbocycles. The maximum absolute atomic E-state index is 6.28. The number of nitrogens with one attached hydrogen (secondary N) is 1. The van der Waals surface area contributed by atoms with Crippen LogP contribution in [-0.2, 0) is 6.42 Å². The highest BCUT2D eigenvalue weighted by Gasteiger charge is 2.17. The molecule has 1 N–H and O–H groups in total. The van der Waals surface area contributed by atoms with Crippen LogP contribution in [0.25, 0.3) is 0 Å². The number of hydrogen-bond donors (Lipinski definition) is 1. The highest BCUT2D eigenvalue weighted by Crippen LogP contribution is 2.26. The van der Waals surface area contributed by atoms with Gasteiger partial charge in [0.25, 0.3) is 0 Å². The van der Waals surface area contributed by atoms with Crippen LogP contribution in [0.5, 0.6) is 0 Å². The molecule has 0 amide bonds. The summed E-state index contributed by atoms with van der Waals surface area (Å²) in [4.78, 5) is 4.43. The van der Waals surface area contributed by atoms with Crippen molar-refractivity contribution in [3.05, 3.63) is 64.4 Å². The van der Waals surface area contributed by atoms with Crippen LogP contribution in [0.4, 0.5) is 0 Å². The third-order valence-corrected chi connectivity index (χ3v) is 3.48. The van der Waals surface area contributed by atoms with Crippen LogP contribution in [0.2, 0.25) is 5.02 Å². The maximum Gasteiger partial charge on any atom is 0.0804 e. The predicted molar refractivity (Wildman–Crippen MR) is 80.6 cm³/mol. The van der Waals surface area contributed by atoms with Gasteiger partial charge >= 0.3 is 0 Å². The van der Waals surface area contributed by atoms with E-state index < -0.39 is 0 Å². The molecule has 19 heavy (non-hydrogen) atoms. The van der Waals surface area contributed by atoms with Crippen molar-refractivity contribution in [2.45, 2.75) is 26.3 Å². The van der Waals surface area contributed by atoms with Crippen LogP contribution < -0.4 is 5.32 Å². The Bertz CT molecular complexity index is 540. The van der Waals surface area contributed by atoms with Crippen LogP contribution in [0.15, 0.2) is 42.6 Å². The zero-order valence-electron chi connectivity index (χ0n) is 11.4. The molecule has 0 bridgehead atoms. The number of aryl methyl sites for hydroxylation is 1. The van der Waals surface area contributed by atoms with E-state index in [0.29, 0.717) is 5.02 Å². The summed E-state index contributed by atoms with van der Waals surface area (Å²) < 4.78 is 0. The number of aromatic nitrogens is 1. The van der Waals surface area contributed by atoms with Crippen molar-refractivity contribution in [3.8, 4) is 0 Å². The maximum atomic E-state index is 6.28. The molecule has 0 radical (unpaired) electrons. The summed E-state index contributed by atoms with van der Waals surface area (Å²) in [6.07, 6.45) is 2.82. The fraction of sp³-hybridized carbons (Fsp3) is 0.312. The Morgan fingerprint density at radius 2 is 2.05 bits per heavy atom. The van der Waals surface area contributed by atoms with Gasteiger partial charge in [0.05, 0.1) is 16.8 Å². The van der Waals surface area contributed by atoms with Gasteiger partial charge in [-0.3, -0.25) is 4.98 Å². The first-order valence-corrected chi connectivity index (χ1v) is 7.06. The summed E-state index contributed by atoms with van der Waals surface area (Å²) in [6.45, 7) is 5.12. The van der Waals surface area contributed by atoms with E-state index in [-0.39, 0.29) is 6.04 Å². The van der Waals surface area contributed by atoms with Gasteiger partial charge in [-0.05, 0) is 36.2 Å². The lowest BCUT2D eigenvalue weighted by atomic mass is 10.00. The highest BCUT2D eigenvalue weighted by molar-refractivity contribution is 6.31.